The second-order valence-electron chi connectivity index (χ2n) is 12.4. The summed E-state index contributed by atoms with van der Waals surface area (Å²) in [5.74, 6) is -0.975. The van der Waals surface area contributed by atoms with Crippen LogP contribution in [0.5, 0.6) is 0 Å². The number of benzene rings is 1. The number of nitrogens with two attached hydrogens (primary N) is 1. The zero-order valence-corrected chi connectivity index (χ0v) is 23.3. The minimum absolute atomic E-state index is 0.0360. The maximum atomic E-state index is 14.3. The molecule has 0 unspecified atom stereocenters. The first-order valence-electron chi connectivity index (χ1n) is 13.8. The number of rotatable bonds is 7. The summed E-state index contributed by atoms with van der Waals surface area (Å²) in [6, 6.07) is 5.15. The van der Waals surface area contributed by atoms with Gasteiger partial charge in [0.2, 0.25) is 11.8 Å². The molecule has 204 valence electrons. The van der Waals surface area contributed by atoms with Gasteiger partial charge in [-0.25, -0.2) is 0 Å². The summed E-state index contributed by atoms with van der Waals surface area (Å²) >= 11 is 0. The molecule has 4 atom stereocenters. The van der Waals surface area contributed by atoms with Crippen molar-refractivity contribution in [3.05, 3.63) is 29.3 Å². The Kier molecular flexibility index (Phi) is 8.00. The molecule has 4 rings (SSSR count). The normalized spacial score (nSPS) is 25.6. The predicted octanol–water partition coefficient (Wildman–Crippen LogP) is 2.90. The molecule has 0 aliphatic carbocycles. The fraction of sp³-hybridized carbons (Fsp3) is 0.690. The number of carbonyl (C=O) groups is 3. The van der Waals surface area contributed by atoms with E-state index in [1.807, 2.05) is 12.1 Å². The molecule has 1 aromatic rings. The number of likely N-dealkylation sites (tertiary alicyclic amines) is 1. The highest BCUT2D eigenvalue weighted by Gasteiger charge is 2.55. The first-order chi connectivity index (χ1) is 17.4. The molecular formula is C29H44N4O4. The molecule has 1 aromatic carbocycles. The molecule has 3 saturated heterocycles. The van der Waals surface area contributed by atoms with E-state index in [1.165, 1.54) is 0 Å². The van der Waals surface area contributed by atoms with E-state index in [9.17, 15) is 14.4 Å². The van der Waals surface area contributed by atoms with Crippen LogP contribution in [0, 0.1) is 17.3 Å². The van der Waals surface area contributed by atoms with Gasteiger partial charge in [0.05, 0.1) is 12.0 Å². The number of fused-ring (bicyclic) bond motifs is 1. The molecule has 0 radical (unpaired) electrons. The second-order valence-corrected chi connectivity index (χ2v) is 12.4. The number of amides is 2. The standard InChI is InChI=1S/C29H44N4O4/c1-7-31-10-12-32(13-11-31)19-8-9-20(27(30)35)21(15-19)22(14-18(2)3)28(36)33-16-23(29(4,5)6)26-25(33)24(34)17-37-26/h8-9,15,18,22-23,25-26H,7,10-14,16-17H2,1-6H3,(H2,30,35)/t22-,23-,25+,26+/m0/s1. The van der Waals surface area contributed by atoms with Crippen LogP contribution in [0.2, 0.25) is 0 Å². The number of anilines is 1. The summed E-state index contributed by atoms with van der Waals surface area (Å²) in [5.41, 5.74) is 7.77. The highest BCUT2D eigenvalue weighted by Crippen LogP contribution is 2.43. The average molecular weight is 513 g/mol. The van der Waals surface area contributed by atoms with Gasteiger partial charge in [0.25, 0.3) is 0 Å². The van der Waals surface area contributed by atoms with Crippen LogP contribution < -0.4 is 10.6 Å². The molecule has 37 heavy (non-hydrogen) atoms. The Morgan fingerprint density at radius 2 is 1.81 bits per heavy atom. The van der Waals surface area contributed by atoms with Crippen molar-refractivity contribution in [3.8, 4) is 0 Å². The SMILES string of the molecule is CCN1CCN(c2ccc(C(N)=O)c([C@H](CC(C)C)C(=O)N3C[C@H](C(C)(C)C)[C@H]4OCC(=O)[C@H]43)c2)CC1. The van der Waals surface area contributed by atoms with Crippen LogP contribution in [0.4, 0.5) is 5.69 Å². The van der Waals surface area contributed by atoms with Crippen LogP contribution in [0.25, 0.3) is 0 Å². The van der Waals surface area contributed by atoms with E-state index in [0.717, 1.165) is 38.4 Å². The Hall–Kier alpha value is -2.45. The molecule has 3 heterocycles. The molecule has 0 saturated carbocycles. The zero-order chi connectivity index (χ0) is 27.1. The fourth-order valence-corrected chi connectivity index (χ4v) is 6.26. The van der Waals surface area contributed by atoms with Gasteiger partial charge in [0.1, 0.15) is 12.6 Å². The molecule has 3 fully saturated rings. The third-order valence-corrected chi connectivity index (χ3v) is 8.45. The van der Waals surface area contributed by atoms with E-state index in [0.29, 0.717) is 24.1 Å². The maximum Gasteiger partial charge on any atom is 0.249 e. The molecule has 3 aliphatic rings. The molecule has 8 nitrogen and oxygen atoms in total. The lowest BCUT2D eigenvalue weighted by Gasteiger charge is -2.36. The van der Waals surface area contributed by atoms with E-state index in [-0.39, 0.29) is 41.7 Å². The van der Waals surface area contributed by atoms with E-state index < -0.39 is 17.9 Å². The Balaban J connectivity index is 1.71. The van der Waals surface area contributed by atoms with Crippen molar-refractivity contribution in [2.45, 2.75) is 66.0 Å². The number of hydrogen-bond donors (Lipinski definition) is 1. The van der Waals surface area contributed by atoms with E-state index in [2.05, 4.69) is 51.3 Å². The van der Waals surface area contributed by atoms with E-state index >= 15 is 0 Å². The van der Waals surface area contributed by atoms with Crippen LogP contribution in [-0.4, -0.2) is 85.4 Å². The minimum atomic E-state index is -0.563. The number of ketones is 1. The van der Waals surface area contributed by atoms with Gasteiger partial charge in [0, 0.05) is 49.9 Å². The monoisotopic (exact) mass is 512 g/mol. The molecule has 2 amide bonds. The molecule has 0 bridgehead atoms. The van der Waals surface area contributed by atoms with Crippen LogP contribution in [-0.2, 0) is 14.3 Å². The second kappa shape index (κ2) is 10.7. The number of primary amides is 1. The van der Waals surface area contributed by atoms with Crippen molar-refractivity contribution in [3.63, 3.8) is 0 Å². The molecule has 3 aliphatic heterocycles. The fourth-order valence-electron chi connectivity index (χ4n) is 6.26. The average Bonchev–Trinajstić information content (AvgIpc) is 3.42. The van der Waals surface area contributed by atoms with Crippen LogP contribution in [0.15, 0.2) is 18.2 Å². The number of ether oxygens (including phenoxy) is 1. The highest BCUT2D eigenvalue weighted by molar-refractivity contribution is 5.99. The minimum Gasteiger partial charge on any atom is -0.369 e. The number of likely N-dealkylation sites (N-methyl/N-ethyl adjacent to an activating group) is 1. The van der Waals surface area contributed by atoms with Crippen molar-refractivity contribution in [1.29, 1.82) is 0 Å². The molecule has 0 spiro atoms. The number of hydrogen-bond acceptors (Lipinski definition) is 6. The Morgan fingerprint density at radius 3 is 2.38 bits per heavy atom. The lowest BCUT2D eigenvalue weighted by Crippen LogP contribution is -2.46. The molecule has 8 heteroatoms. The Bertz CT molecular complexity index is 1030. The molecule has 0 aromatic heterocycles. The van der Waals surface area contributed by atoms with Crippen LogP contribution in [0.3, 0.4) is 0 Å². The third-order valence-electron chi connectivity index (χ3n) is 8.45. The first kappa shape index (κ1) is 27.6. The van der Waals surface area contributed by atoms with E-state index in [4.69, 9.17) is 10.5 Å². The summed E-state index contributed by atoms with van der Waals surface area (Å²) in [7, 11) is 0. The molecule has 2 N–H and O–H groups in total. The van der Waals surface area contributed by atoms with Gasteiger partial charge < -0.3 is 25.2 Å². The highest BCUT2D eigenvalue weighted by atomic mass is 16.5. The largest absolute Gasteiger partial charge is 0.369 e. The predicted molar refractivity (Wildman–Crippen MR) is 145 cm³/mol. The number of carbonyl (C=O) groups excluding carboxylic acids is 3. The summed E-state index contributed by atoms with van der Waals surface area (Å²) in [4.78, 5) is 46.3. The van der Waals surface area contributed by atoms with Crippen molar-refractivity contribution < 1.29 is 19.1 Å². The van der Waals surface area contributed by atoms with Crippen LogP contribution in [0.1, 0.15) is 69.8 Å². The Morgan fingerprint density at radius 1 is 1.14 bits per heavy atom. The topological polar surface area (TPSA) is 96.2 Å². The number of piperazine rings is 1. The lowest BCUT2D eigenvalue weighted by molar-refractivity contribution is -0.138. The number of nitrogens with zero attached hydrogens (tertiary/aromatic N) is 3. The lowest BCUT2D eigenvalue weighted by atomic mass is 9.78. The maximum absolute atomic E-state index is 14.3. The van der Waals surface area contributed by atoms with Crippen molar-refractivity contribution in [2.75, 3.05) is 50.8 Å². The first-order valence-corrected chi connectivity index (χ1v) is 13.8. The van der Waals surface area contributed by atoms with Gasteiger partial charge in [-0.2, -0.15) is 0 Å². The van der Waals surface area contributed by atoms with Crippen molar-refractivity contribution in [1.82, 2.24) is 9.80 Å². The van der Waals surface area contributed by atoms with Crippen molar-refractivity contribution >= 4 is 23.3 Å². The van der Waals surface area contributed by atoms with Gasteiger partial charge in [0.15, 0.2) is 5.78 Å². The molecular weight excluding hydrogens is 468 g/mol. The summed E-state index contributed by atoms with van der Waals surface area (Å²) in [5, 5.41) is 0. The third kappa shape index (κ3) is 5.55. The summed E-state index contributed by atoms with van der Waals surface area (Å²) in [6.45, 7) is 18.0. The Labute approximate surface area is 221 Å². The quantitative estimate of drug-likeness (QED) is 0.604. The van der Waals surface area contributed by atoms with Gasteiger partial charge in [-0.05, 0) is 48.1 Å². The van der Waals surface area contributed by atoms with Gasteiger partial charge >= 0.3 is 0 Å². The smallest absolute Gasteiger partial charge is 0.249 e. The van der Waals surface area contributed by atoms with Gasteiger partial charge in [-0.1, -0.05) is 41.5 Å². The van der Waals surface area contributed by atoms with Gasteiger partial charge in [-0.15, -0.1) is 0 Å². The zero-order valence-electron chi connectivity index (χ0n) is 23.3. The summed E-state index contributed by atoms with van der Waals surface area (Å²) in [6.07, 6.45) is 0.280. The summed E-state index contributed by atoms with van der Waals surface area (Å²) < 4.78 is 5.93. The van der Waals surface area contributed by atoms with Gasteiger partial charge in [-0.3, -0.25) is 14.4 Å². The van der Waals surface area contributed by atoms with E-state index in [1.54, 1.807) is 11.0 Å². The number of Topliss-reactive ketones (excluding diaryl/α,β-unsaturated/α-hetero) is 1. The van der Waals surface area contributed by atoms with Crippen LogP contribution >= 0.6 is 0 Å². The van der Waals surface area contributed by atoms with Crippen molar-refractivity contribution in [2.24, 2.45) is 23.0 Å².